The van der Waals surface area contributed by atoms with Gasteiger partial charge in [0.1, 0.15) is 11.6 Å². The maximum Gasteiger partial charge on any atom is 0.408 e. The summed E-state index contributed by atoms with van der Waals surface area (Å²) in [4.78, 5) is 63.2. The van der Waals surface area contributed by atoms with Crippen molar-refractivity contribution in [3.63, 3.8) is 0 Å². The Morgan fingerprint density at radius 2 is 1.63 bits per heavy atom. The predicted molar refractivity (Wildman–Crippen MR) is 167 cm³/mol. The molecule has 0 saturated carbocycles. The van der Waals surface area contributed by atoms with E-state index >= 15 is 0 Å². The van der Waals surface area contributed by atoms with Gasteiger partial charge in [-0.05, 0) is 52.2 Å². The van der Waals surface area contributed by atoms with Crippen molar-refractivity contribution in [2.75, 3.05) is 6.61 Å². The molecule has 15 heteroatoms. The lowest BCUT2D eigenvalue weighted by Gasteiger charge is -2.25. The molecular formula is C31H38N4O10S. The van der Waals surface area contributed by atoms with E-state index in [4.69, 9.17) is 9.47 Å². The van der Waals surface area contributed by atoms with Crippen LogP contribution in [0.4, 0.5) is 10.5 Å². The zero-order chi connectivity index (χ0) is 34.4. The molecule has 3 rings (SSSR count). The minimum Gasteiger partial charge on any atom is -0.465 e. The number of imide groups is 1. The Hall–Kier alpha value is -4.79. The quantitative estimate of drug-likeness (QED) is 0.122. The van der Waals surface area contributed by atoms with Gasteiger partial charge in [0.2, 0.25) is 11.8 Å². The molecule has 1 aromatic heterocycles. The maximum absolute atomic E-state index is 13.8. The Labute approximate surface area is 266 Å². The van der Waals surface area contributed by atoms with Crippen molar-refractivity contribution >= 4 is 50.5 Å². The Bertz CT molecular complexity index is 1740. The second-order valence-corrected chi connectivity index (χ2v) is 13.4. The molecule has 0 saturated heterocycles. The largest absolute Gasteiger partial charge is 0.465 e. The number of benzene rings is 2. The number of amides is 3. The van der Waals surface area contributed by atoms with Crippen LogP contribution in [0.15, 0.2) is 59.6 Å². The third-order valence-corrected chi connectivity index (χ3v) is 8.71. The van der Waals surface area contributed by atoms with Crippen LogP contribution >= 0.6 is 0 Å². The van der Waals surface area contributed by atoms with E-state index in [0.717, 1.165) is 22.3 Å². The standard InChI is InChI=1S/C31H38N4O10S/c1-7-19(3)17-22(32-30(39)45-31(4,5)6)27(36)33-28(37)26(29(38)44-8-2)21-18-34(23-14-10-9-13-20(21)23)46(42,43)25-16-12-11-15-24(25)35(40)41/h9-16,18-19,22,26H,7-8,17H2,1-6H3,(H,32,39)(H,33,36,37)/t19-,22-,26?/m0/s1. The first kappa shape index (κ1) is 35.7. The number of esters is 1. The average molecular weight is 659 g/mol. The lowest BCUT2D eigenvalue weighted by molar-refractivity contribution is -0.387. The molecule has 3 aromatic rings. The third kappa shape index (κ3) is 8.27. The SMILES string of the molecule is CCOC(=O)C(C(=O)NC(=O)[C@H](C[C@@H](C)CC)NC(=O)OC(C)(C)C)c1cn(S(=O)(=O)c2ccccc2[N+](=O)[O-])c2ccccc12. The van der Waals surface area contributed by atoms with E-state index in [1.165, 1.54) is 37.3 Å². The molecule has 14 nitrogen and oxygen atoms in total. The van der Waals surface area contributed by atoms with Crippen LogP contribution in [-0.4, -0.2) is 59.4 Å². The normalized spacial score (nSPS) is 13.7. The van der Waals surface area contributed by atoms with Crippen LogP contribution in [0.2, 0.25) is 0 Å². The first-order chi connectivity index (χ1) is 21.5. The summed E-state index contributed by atoms with van der Waals surface area (Å²) < 4.78 is 38.8. The highest BCUT2D eigenvalue weighted by atomic mass is 32.2. The first-order valence-electron chi connectivity index (χ1n) is 14.6. The summed E-state index contributed by atoms with van der Waals surface area (Å²) in [5.41, 5.74) is -1.64. The molecule has 3 amide bonds. The van der Waals surface area contributed by atoms with Gasteiger partial charge in [-0.2, -0.15) is 0 Å². The number of hydrogen-bond acceptors (Lipinski definition) is 10. The van der Waals surface area contributed by atoms with E-state index < -0.39 is 67.0 Å². The third-order valence-electron chi connectivity index (χ3n) is 6.99. The number of hydrogen-bond donors (Lipinski definition) is 2. The minimum atomic E-state index is -4.64. The molecule has 2 aromatic carbocycles. The van der Waals surface area contributed by atoms with E-state index in [1.807, 2.05) is 13.8 Å². The molecule has 1 unspecified atom stereocenters. The second kappa shape index (κ2) is 14.5. The molecule has 46 heavy (non-hydrogen) atoms. The Kier molecular flexibility index (Phi) is 11.3. The molecule has 0 fully saturated rings. The van der Waals surface area contributed by atoms with Crippen LogP contribution in [0.5, 0.6) is 0 Å². The second-order valence-electron chi connectivity index (χ2n) is 11.6. The maximum atomic E-state index is 13.8. The van der Waals surface area contributed by atoms with Crippen LogP contribution in [-0.2, 0) is 33.9 Å². The molecule has 248 valence electrons. The van der Waals surface area contributed by atoms with E-state index in [9.17, 15) is 37.7 Å². The molecule has 2 N–H and O–H groups in total. The van der Waals surface area contributed by atoms with Crippen molar-refractivity contribution in [3.05, 3.63) is 70.4 Å². The number of carbonyl (C=O) groups excluding carboxylic acids is 4. The number of nitrogens with zero attached hydrogens (tertiary/aromatic N) is 2. The predicted octanol–water partition coefficient (Wildman–Crippen LogP) is 4.41. The summed E-state index contributed by atoms with van der Waals surface area (Å²) >= 11 is 0. The van der Waals surface area contributed by atoms with Gasteiger partial charge in [0.05, 0.1) is 17.0 Å². The summed E-state index contributed by atoms with van der Waals surface area (Å²) in [5, 5.41) is 16.5. The van der Waals surface area contributed by atoms with Crippen molar-refractivity contribution in [3.8, 4) is 0 Å². The number of fused-ring (bicyclic) bond motifs is 1. The fourth-order valence-corrected chi connectivity index (χ4v) is 6.21. The smallest absolute Gasteiger partial charge is 0.408 e. The molecular weight excluding hydrogens is 620 g/mol. The van der Waals surface area contributed by atoms with Gasteiger partial charge in [-0.1, -0.05) is 50.6 Å². The van der Waals surface area contributed by atoms with E-state index in [1.54, 1.807) is 26.8 Å². The number of ether oxygens (including phenoxy) is 2. The molecule has 0 aliphatic carbocycles. The lowest BCUT2D eigenvalue weighted by Crippen LogP contribution is -2.51. The van der Waals surface area contributed by atoms with Gasteiger partial charge in [0, 0.05) is 23.2 Å². The monoisotopic (exact) mass is 658 g/mol. The van der Waals surface area contributed by atoms with Crippen molar-refractivity contribution in [2.24, 2.45) is 5.92 Å². The number of nitrogens with one attached hydrogen (secondary N) is 2. The topological polar surface area (TPSA) is 193 Å². The number of alkyl carbamates (subject to hydrolysis) is 1. The molecule has 0 aliphatic heterocycles. The molecule has 0 bridgehead atoms. The van der Waals surface area contributed by atoms with Crippen LogP contribution in [0.3, 0.4) is 0 Å². The zero-order valence-corrected chi connectivity index (χ0v) is 27.3. The highest BCUT2D eigenvalue weighted by Crippen LogP contribution is 2.34. The van der Waals surface area contributed by atoms with Crippen molar-refractivity contribution in [1.82, 2.24) is 14.6 Å². The summed E-state index contributed by atoms with van der Waals surface area (Å²) in [6.45, 7) is 10.1. The highest BCUT2D eigenvalue weighted by Gasteiger charge is 2.38. The van der Waals surface area contributed by atoms with Gasteiger partial charge in [0.15, 0.2) is 10.8 Å². The summed E-state index contributed by atoms with van der Waals surface area (Å²) in [5.74, 6) is -5.00. The van der Waals surface area contributed by atoms with E-state index in [2.05, 4.69) is 10.6 Å². The van der Waals surface area contributed by atoms with Crippen LogP contribution in [0.25, 0.3) is 10.9 Å². The van der Waals surface area contributed by atoms with Gasteiger partial charge in [0.25, 0.3) is 15.7 Å². The fraction of sp³-hybridized carbons (Fsp3) is 0.419. The number of nitro benzene ring substituents is 1. The Balaban J connectivity index is 2.10. The summed E-state index contributed by atoms with van der Waals surface area (Å²) in [6, 6.07) is 9.49. The lowest BCUT2D eigenvalue weighted by atomic mass is 9.96. The zero-order valence-electron chi connectivity index (χ0n) is 26.4. The fourth-order valence-electron chi connectivity index (χ4n) is 4.67. The Morgan fingerprint density at radius 1 is 1.00 bits per heavy atom. The van der Waals surface area contributed by atoms with Crippen LogP contribution in [0.1, 0.15) is 65.9 Å². The van der Waals surface area contributed by atoms with Gasteiger partial charge < -0.3 is 14.8 Å². The van der Waals surface area contributed by atoms with E-state index in [-0.39, 0.29) is 35.4 Å². The molecule has 1 heterocycles. The van der Waals surface area contributed by atoms with Gasteiger partial charge >= 0.3 is 12.1 Å². The number of para-hydroxylation sites is 2. The van der Waals surface area contributed by atoms with Gasteiger partial charge in [-0.3, -0.25) is 29.8 Å². The number of aromatic nitrogens is 1. The Morgan fingerprint density at radius 3 is 2.24 bits per heavy atom. The summed E-state index contributed by atoms with van der Waals surface area (Å²) in [7, 11) is -4.64. The van der Waals surface area contributed by atoms with Crippen molar-refractivity contribution in [1.29, 1.82) is 0 Å². The van der Waals surface area contributed by atoms with Crippen LogP contribution < -0.4 is 10.6 Å². The molecule has 3 atom stereocenters. The molecule has 0 aliphatic rings. The number of nitro groups is 1. The first-order valence-corrected chi connectivity index (χ1v) is 16.1. The van der Waals surface area contributed by atoms with Gasteiger partial charge in [-0.15, -0.1) is 0 Å². The average Bonchev–Trinajstić information content (AvgIpc) is 3.36. The highest BCUT2D eigenvalue weighted by molar-refractivity contribution is 7.90. The van der Waals surface area contributed by atoms with Gasteiger partial charge in [-0.25, -0.2) is 17.2 Å². The van der Waals surface area contributed by atoms with E-state index in [0.29, 0.717) is 6.42 Å². The molecule has 0 spiro atoms. The minimum absolute atomic E-state index is 0.0188. The van der Waals surface area contributed by atoms with Crippen LogP contribution in [0, 0.1) is 16.0 Å². The summed E-state index contributed by atoms with van der Waals surface area (Å²) in [6.07, 6.45) is 0.936. The molecule has 0 radical (unpaired) electrons. The van der Waals surface area contributed by atoms with Crippen molar-refractivity contribution < 1.29 is 42.0 Å². The van der Waals surface area contributed by atoms with Crippen molar-refractivity contribution in [2.45, 2.75) is 76.8 Å². The number of carbonyl (C=O) groups is 4. The number of rotatable bonds is 12.